The minimum absolute atomic E-state index is 0.176. The lowest BCUT2D eigenvalue weighted by Crippen LogP contribution is -2.38. The minimum atomic E-state index is -4.46. The van der Waals surface area contributed by atoms with Gasteiger partial charge in [0.25, 0.3) is 0 Å². The van der Waals surface area contributed by atoms with Gasteiger partial charge in [-0.3, -0.25) is 0 Å². The van der Waals surface area contributed by atoms with Gasteiger partial charge < -0.3 is 10.2 Å². The molecule has 0 aromatic carbocycles. The maximum Gasteiger partial charge on any atom is 0.452 e. The Bertz CT molecular complexity index is 418. The second-order valence-electron chi connectivity index (χ2n) is 5.05. The SMILES string of the molecule is CN(C)[C@H]1CCC[C@H](Nc2nc(C(F)(F)F)ns2)C1. The fraction of sp³-hybridized carbons (Fsp3) is 0.818. The van der Waals surface area contributed by atoms with Crippen LogP contribution in [0.1, 0.15) is 31.5 Å². The van der Waals surface area contributed by atoms with Crippen LogP contribution in [-0.2, 0) is 6.18 Å². The number of hydrogen-bond donors (Lipinski definition) is 1. The third-order valence-corrected chi connectivity index (χ3v) is 4.03. The number of alkyl halides is 3. The molecule has 1 aliphatic rings. The summed E-state index contributed by atoms with van der Waals surface area (Å²) >= 11 is 0.774. The molecule has 1 aromatic rings. The summed E-state index contributed by atoms with van der Waals surface area (Å²) in [7, 11) is 4.06. The number of hydrogen-bond acceptors (Lipinski definition) is 5. The molecule has 1 saturated carbocycles. The van der Waals surface area contributed by atoms with E-state index < -0.39 is 12.0 Å². The van der Waals surface area contributed by atoms with Crippen molar-refractivity contribution in [3.63, 3.8) is 0 Å². The lowest BCUT2D eigenvalue weighted by molar-refractivity contribution is -0.144. The topological polar surface area (TPSA) is 41.0 Å². The number of nitrogens with zero attached hydrogens (tertiary/aromatic N) is 3. The van der Waals surface area contributed by atoms with Crippen LogP contribution in [0.15, 0.2) is 0 Å². The molecule has 0 bridgehead atoms. The van der Waals surface area contributed by atoms with E-state index in [1.54, 1.807) is 0 Å². The van der Waals surface area contributed by atoms with E-state index in [-0.39, 0.29) is 11.2 Å². The lowest BCUT2D eigenvalue weighted by atomic mass is 9.90. The molecule has 2 atom stereocenters. The Labute approximate surface area is 114 Å². The van der Waals surface area contributed by atoms with Crippen LogP contribution in [0.3, 0.4) is 0 Å². The van der Waals surface area contributed by atoms with Gasteiger partial charge in [-0.1, -0.05) is 0 Å². The van der Waals surface area contributed by atoms with Gasteiger partial charge in [-0.2, -0.15) is 22.5 Å². The molecule has 0 radical (unpaired) electrons. The maximum absolute atomic E-state index is 12.4. The fourth-order valence-electron chi connectivity index (χ4n) is 2.34. The number of nitrogens with one attached hydrogen (secondary N) is 1. The molecule has 4 nitrogen and oxygen atoms in total. The first-order valence-corrected chi connectivity index (χ1v) is 6.97. The lowest BCUT2D eigenvalue weighted by Gasteiger charge is -2.33. The molecule has 2 rings (SSSR count). The van der Waals surface area contributed by atoms with Crippen LogP contribution in [0.2, 0.25) is 0 Å². The van der Waals surface area contributed by atoms with E-state index in [1.807, 2.05) is 14.1 Å². The summed E-state index contributed by atoms with van der Waals surface area (Å²) in [6.07, 6.45) is -0.366. The molecule has 19 heavy (non-hydrogen) atoms. The molecule has 1 aromatic heterocycles. The summed E-state index contributed by atoms with van der Waals surface area (Å²) in [5.41, 5.74) is 0. The predicted molar refractivity (Wildman–Crippen MR) is 68.3 cm³/mol. The van der Waals surface area contributed by atoms with Gasteiger partial charge in [-0.15, -0.1) is 0 Å². The molecule has 1 N–H and O–H groups in total. The summed E-state index contributed by atoms with van der Waals surface area (Å²) in [6.45, 7) is 0. The molecule has 0 unspecified atom stereocenters. The van der Waals surface area contributed by atoms with Crippen molar-refractivity contribution in [3.8, 4) is 0 Å². The molecule has 8 heteroatoms. The highest BCUT2D eigenvalue weighted by Crippen LogP contribution is 2.30. The number of halogens is 3. The highest BCUT2D eigenvalue weighted by molar-refractivity contribution is 7.09. The Kier molecular flexibility index (Phi) is 4.29. The Morgan fingerprint density at radius 3 is 2.63 bits per heavy atom. The van der Waals surface area contributed by atoms with Crippen LogP contribution in [0.5, 0.6) is 0 Å². The van der Waals surface area contributed by atoms with Crippen LogP contribution in [0.25, 0.3) is 0 Å². The fourth-order valence-corrected chi connectivity index (χ4v) is 3.00. The standard InChI is InChI=1S/C11H17F3N4S/c1-18(2)8-5-3-4-7(6-8)15-10-16-9(17-19-10)11(12,13)14/h7-8H,3-6H2,1-2H3,(H,15,16,17)/t7-,8-/m0/s1. The molecule has 108 valence electrons. The van der Waals surface area contributed by atoms with Gasteiger partial charge in [-0.05, 0) is 39.8 Å². The molecule has 1 aliphatic carbocycles. The molecular formula is C11H17F3N4S. The van der Waals surface area contributed by atoms with Crippen molar-refractivity contribution in [1.29, 1.82) is 0 Å². The van der Waals surface area contributed by atoms with E-state index in [4.69, 9.17) is 0 Å². The average Bonchev–Trinajstić information content (AvgIpc) is 2.77. The molecular weight excluding hydrogens is 277 g/mol. The van der Waals surface area contributed by atoms with Crippen LogP contribution in [0.4, 0.5) is 18.3 Å². The Morgan fingerprint density at radius 1 is 1.32 bits per heavy atom. The molecule has 0 aliphatic heterocycles. The number of anilines is 1. The molecule has 0 amide bonds. The van der Waals surface area contributed by atoms with Crippen LogP contribution >= 0.6 is 11.5 Å². The Hall–Kier alpha value is -0.890. The summed E-state index contributed by atoms with van der Waals surface area (Å²) < 4.78 is 40.5. The van der Waals surface area contributed by atoms with Gasteiger partial charge in [0, 0.05) is 23.6 Å². The zero-order chi connectivity index (χ0) is 14.0. The van der Waals surface area contributed by atoms with Crippen molar-refractivity contribution in [2.45, 2.75) is 43.9 Å². The van der Waals surface area contributed by atoms with Crippen molar-refractivity contribution in [1.82, 2.24) is 14.3 Å². The summed E-state index contributed by atoms with van der Waals surface area (Å²) in [6, 6.07) is 0.649. The first-order chi connectivity index (χ1) is 8.86. The van der Waals surface area contributed by atoms with Crippen molar-refractivity contribution >= 4 is 16.7 Å². The maximum atomic E-state index is 12.4. The zero-order valence-corrected chi connectivity index (χ0v) is 11.7. The van der Waals surface area contributed by atoms with E-state index in [0.717, 1.165) is 37.2 Å². The van der Waals surface area contributed by atoms with Gasteiger partial charge in [0.1, 0.15) is 0 Å². The van der Waals surface area contributed by atoms with Crippen molar-refractivity contribution < 1.29 is 13.2 Å². The first-order valence-electron chi connectivity index (χ1n) is 6.20. The Balaban J connectivity index is 1.95. The third-order valence-electron chi connectivity index (χ3n) is 3.38. The number of aromatic nitrogens is 2. The predicted octanol–water partition coefficient (Wildman–Crippen LogP) is 2.84. The first kappa shape index (κ1) is 14.5. The van der Waals surface area contributed by atoms with Gasteiger partial charge in [0.15, 0.2) is 0 Å². The monoisotopic (exact) mass is 294 g/mol. The minimum Gasteiger partial charge on any atom is -0.357 e. The normalized spacial score (nSPS) is 24.7. The van der Waals surface area contributed by atoms with Gasteiger partial charge in [-0.25, -0.2) is 0 Å². The average molecular weight is 294 g/mol. The van der Waals surface area contributed by atoms with Crippen molar-refractivity contribution in [3.05, 3.63) is 5.82 Å². The molecule has 0 spiro atoms. The van der Waals surface area contributed by atoms with Crippen molar-refractivity contribution in [2.24, 2.45) is 0 Å². The van der Waals surface area contributed by atoms with E-state index in [1.165, 1.54) is 0 Å². The van der Waals surface area contributed by atoms with Gasteiger partial charge >= 0.3 is 6.18 Å². The second kappa shape index (κ2) is 5.62. The Morgan fingerprint density at radius 2 is 2.05 bits per heavy atom. The third kappa shape index (κ3) is 3.79. The smallest absolute Gasteiger partial charge is 0.357 e. The van der Waals surface area contributed by atoms with Gasteiger partial charge in [0.2, 0.25) is 11.0 Å². The summed E-state index contributed by atoms with van der Waals surface area (Å²) in [5, 5.41) is 3.34. The van der Waals surface area contributed by atoms with Gasteiger partial charge in [0.05, 0.1) is 0 Å². The van der Waals surface area contributed by atoms with Crippen LogP contribution in [-0.4, -0.2) is 40.4 Å². The van der Waals surface area contributed by atoms with E-state index in [0.29, 0.717) is 6.04 Å². The van der Waals surface area contributed by atoms with E-state index >= 15 is 0 Å². The molecule has 1 heterocycles. The molecule has 1 fully saturated rings. The highest BCUT2D eigenvalue weighted by atomic mass is 32.1. The highest BCUT2D eigenvalue weighted by Gasteiger charge is 2.36. The number of rotatable bonds is 3. The van der Waals surface area contributed by atoms with E-state index in [9.17, 15) is 13.2 Å². The zero-order valence-electron chi connectivity index (χ0n) is 10.9. The molecule has 0 saturated heterocycles. The quantitative estimate of drug-likeness (QED) is 0.930. The van der Waals surface area contributed by atoms with Crippen LogP contribution < -0.4 is 5.32 Å². The van der Waals surface area contributed by atoms with Crippen LogP contribution in [0, 0.1) is 0 Å². The second-order valence-corrected chi connectivity index (χ2v) is 5.80. The summed E-state index contributed by atoms with van der Waals surface area (Å²) in [5.74, 6) is -1.06. The summed E-state index contributed by atoms with van der Waals surface area (Å²) in [4.78, 5) is 5.66. The largest absolute Gasteiger partial charge is 0.452 e. The van der Waals surface area contributed by atoms with Crippen molar-refractivity contribution in [2.75, 3.05) is 19.4 Å². The van der Waals surface area contributed by atoms with E-state index in [2.05, 4.69) is 19.6 Å².